The molecule has 2 aliphatic carbocycles. The number of ether oxygens (including phenoxy) is 1. The molecule has 1 aromatic carbocycles. The lowest BCUT2D eigenvalue weighted by Gasteiger charge is -2.49. The molecule has 0 N–H and O–H groups in total. The van der Waals surface area contributed by atoms with Crippen molar-refractivity contribution in [2.75, 3.05) is 0 Å². The van der Waals surface area contributed by atoms with E-state index in [1.165, 1.54) is 6.42 Å². The summed E-state index contributed by atoms with van der Waals surface area (Å²) >= 11 is 6.10. The highest BCUT2D eigenvalue weighted by Crippen LogP contribution is 2.50. The molecule has 0 heterocycles. The number of para-hydroxylation sites is 1. The van der Waals surface area contributed by atoms with E-state index in [2.05, 4.69) is 0 Å². The Hall–Kier alpha value is -1.02. The molecule has 1 unspecified atom stereocenters. The van der Waals surface area contributed by atoms with E-state index >= 15 is 0 Å². The van der Waals surface area contributed by atoms with Gasteiger partial charge < -0.3 is 4.74 Å². The van der Waals surface area contributed by atoms with E-state index < -0.39 is 0 Å². The molecule has 1 spiro atoms. The zero-order valence-electron chi connectivity index (χ0n) is 10.3. The number of benzene rings is 1. The van der Waals surface area contributed by atoms with Crippen LogP contribution in [0.3, 0.4) is 0 Å². The van der Waals surface area contributed by atoms with E-state index in [9.17, 15) is 4.79 Å². The number of rotatable bonds is 2. The van der Waals surface area contributed by atoms with Crippen LogP contribution in [-0.4, -0.2) is 11.9 Å². The molecule has 2 fully saturated rings. The van der Waals surface area contributed by atoms with Crippen LogP contribution in [0.1, 0.15) is 38.5 Å². The number of halogens is 1. The number of carbonyl (C=O) groups excluding carboxylic acids is 1. The molecule has 0 aromatic heterocycles. The number of hydrogen-bond donors (Lipinski definition) is 0. The SMILES string of the molecule is O=C1CC(Oc2ccccc2Cl)C12CCCCC2. The smallest absolute Gasteiger partial charge is 0.146 e. The monoisotopic (exact) mass is 264 g/mol. The Kier molecular flexibility index (Phi) is 3.06. The summed E-state index contributed by atoms with van der Waals surface area (Å²) in [4.78, 5) is 12.0. The lowest BCUT2D eigenvalue weighted by Crippen LogP contribution is -2.57. The van der Waals surface area contributed by atoms with Gasteiger partial charge in [-0.05, 0) is 25.0 Å². The van der Waals surface area contributed by atoms with Gasteiger partial charge in [0, 0.05) is 6.42 Å². The fourth-order valence-corrected chi connectivity index (χ4v) is 3.43. The van der Waals surface area contributed by atoms with Crippen LogP contribution < -0.4 is 4.74 Å². The van der Waals surface area contributed by atoms with Crippen molar-refractivity contribution >= 4 is 17.4 Å². The summed E-state index contributed by atoms with van der Waals surface area (Å²) in [7, 11) is 0. The molecule has 1 aromatic rings. The summed E-state index contributed by atoms with van der Waals surface area (Å²) in [5.41, 5.74) is -0.197. The molecule has 0 saturated heterocycles. The van der Waals surface area contributed by atoms with Crippen molar-refractivity contribution in [2.45, 2.75) is 44.6 Å². The van der Waals surface area contributed by atoms with Crippen LogP contribution in [-0.2, 0) is 4.79 Å². The Balaban J connectivity index is 1.77. The first-order valence-corrected chi connectivity index (χ1v) is 7.05. The Morgan fingerprint density at radius 1 is 1.17 bits per heavy atom. The number of hydrogen-bond acceptors (Lipinski definition) is 2. The average Bonchev–Trinajstić information content (AvgIpc) is 2.41. The molecule has 96 valence electrons. The van der Waals surface area contributed by atoms with E-state index in [0.29, 0.717) is 23.0 Å². The lowest BCUT2D eigenvalue weighted by atomic mass is 9.57. The third-order valence-corrected chi connectivity index (χ3v) is 4.71. The van der Waals surface area contributed by atoms with E-state index in [-0.39, 0.29) is 11.5 Å². The van der Waals surface area contributed by atoms with Crippen LogP contribution in [0, 0.1) is 5.41 Å². The molecule has 2 saturated carbocycles. The van der Waals surface area contributed by atoms with E-state index in [4.69, 9.17) is 16.3 Å². The molecule has 0 radical (unpaired) electrons. The van der Waals surface area contributed by atoms with Crippen molar-refractivity contribution in [1.29, 1.82) is 0 Å². The third-order valence-electron chi connectivity index (χ3n) is 4.39. The van der Waals surface area contributed by atoms with Crippen LogP contribution >= 0.6 is 11.6 Å². The Morgan fingerprint density at radius 3 is 2.56 bits per heavy atom. The van der Waals surface area contributed by atoms with Gasteiger partial charge in [0.2, 0.25) is 0 Å². The molecule has 0 bridgehead atoms. The predicted molar refractivity (Wildman–Crippen MR) is 71.0 cm³/mol. The van der Waals surface area contributed by atoms with Gasteiger partial charge in [-0.2, -0.15) is 0 Å². The minimum absolute atomic E-state index is 0.0326. The zero-order chi connectivity index (χ0) is 12.6. The standard InChI is InChI=1S/C15H17ClO2/c16-11-6-2-3-7-12(11)18-14-10-13(17)15(14)8-4-1-5-9-15/h2-3,6-7,14H,1,4-5,8-10H2. The van der Waals surface area contributed by atoms with Gasteiger partial charge in [0.05, 0.1) is 10.4 Å². The molecule has 18 heavy (non-hydrogen) atoms. The first kappa shape index (κ1) is 12.0. The minimum atomic E-state index is -0.197. The second-order valence-corrected chi connectivity index (χ2v) is 5.79. The number of carbonyl (C=O) groups is 1. The molecule has 0 aliphatic heterocycles. The van der Waals surface area contributed by atoms with Crippen LogP contribution in [0.4, 0.5) is 0 Å². The highest BCUT2D eigenvalue weighted by molar-refractivity contribution is 6.32. The van der Waals surface area contributed by atoms with Crippen LogP contribution in [0.15, 0.2) is 24.3 Å². The summed E-state index contributed by atoms with van der Waals surface area (Å²) in [5.74, 6) is 1.10. The number of ketones is 1. The van der Waals surface area contributed by atoms with Crippen molar-refractivity contribution in [3.63, 3.8) is 0 Å². The topological polar surface area (TPSA) is 26.3 Å². The van der Waals surface area contributed by atoms with Crippen molar-refractivity contribution in [3.8, 4) is 5.75 Å². The molecule has 2 aliphatic rings. The number of Topliss-reactive ketones (excluding diaryl/α,β-unsaturated/α-hetero) is 1. The summed E-state index contributed by atoms with van der Waals surface area (Å²) < 4.78 is 5.99. The quantitative estimate of drug-likeness (QED) is 0.807. The first-order valence-electron chi connectivity index (χ1n) is 6.67. The predicted octanol–water partition coefficient (Wildman–Crippen LogP) is 4.01. The average molecular weight is 265 g/mol. The van der Waals surface area contributed by atoms with Crippen molar-refractivity contribution in [3.05, 3.63) is 29.3 Å². The summed E-state index contributed by atoms with van der Waals surface area (Å²) in [6, 6.07) is 7.50. The lowest BCUT2D eigenvalue weighted by molar-refractivity contribution is -0.156. The maximum absolute atomic E-state index is 12.0. The zero-order valence-corrected chi connectivity index (χ0v) is 11.1. The van der Waals surface area contributed by atoms with Gasteiger partial charge in [-0.25, -0.2) is 0 Å². The molecular weight excluding hydrogens is 248 g/mol. The van der Waals surface area contributed by atoms with Crippen molar-refractivity contribution < 1.29 is 9.53 Å². The van der Waals surface area contributed by atoms with Gasteiger partial charge in [0.1, 0.15) is 17.6 Å². The van der Waals surface area contributed by atoms with Gasteiger partial charge in [0.15, 0.2) is 0 Å². The molecule has 3 rings (SSSR count). The van der Waals surface area contributed by atoms with Crippen LogP contribution in [0.5, 0.6) is 5.75 Å². The van der Waals surface area contributed by atoms with Gasteiger partial charge >= 0.3 is 0 Å². The summed E-state index contributed by atoms with van der Waals surface area (Å²) in [5, 5.41) is 0.628. The van der Waals surface area contributed by atoms with E-state index in [0.717, 1.165) is 25.7 Å². The molecular formula is C15H17ClO2. The second-order valence-electron chi connectivity index (χ2n) is 5.38. The van der Waals surface area contributed by atoms with Crippen LogP contribution in [0.25, 0.3) is 0 Å². The normalized spacial score (nSPS) is 25.8. The largest absolute Gasteiger partial charge is 0.487 e. The van der Waals surface area contributed by atoms with Gasteiger partial charge in [-0.1, -0.05) is 43.0 Å². The Labute approximate surface area is 112 Å². The first-order chi connectivity index (χ1) is 8.72. The van der Waals surface area contributed by atoms with Gasteiger partial charge in [-0.3, -0.25) is 4.79 Å². The molecule has 0 amide bonds. The maximum Gasteiger partial charge on any atom is 0.146 e. The van der Waals surface area contributed by atoms with E-state index in [1.54, 1.807) is 0 Å². The Morgan fingerprint density at radius 2 is 1.89 bits per heavy atom. The molecule has 2 nitrogen and oxygen atoms in total. The van der Waals surface area contributed by atoms with Gasteiger partial charge in [-0.15, -0.1) is 0 Å². The highest BCUT2D eigenvalue weighted by atomic mass is 35.5. The third kappa shape index (κ3) is 1.83. The van der Waals surface area contributed by atoms with Crippen molar-refractivity contribution in [1.82, 2.24) is 0 Å². The Bertz CT molecular complexity index is 463. The second kappa shape index (κ2) is 4.58. The fraction of sp³-hybridized carbons (Fsp3) is 0.533. The minimum Gasteiger partial charge on any atom is -0.487 e. The highest BCUT2D eigenvalue weighted by Gasteiger charge is 2.56. The molecule has 1 atom stereocenters. The van der Waals surface area contributed by atoms with E-state index in [1.807, 2.05) is 24.3 Å². The maximum atomic E-state index is 12.0. The summed E-state index contributed by atoms with van der Waals surface area (Å²) in [6.45, 7) is 0. The van der Waals surface area contributed by atoms with Gasteiger partial charge in [0.25, 0.3) is 0 Å². The fourth-order valence-electron chi connectivity index (χ4n) is 3.25. The van der Waals surface area contributed by atoms with Crippen molar-refractivity contribution in [2.24, 2.45) is 5.41 Å². The van der Waals surface area contributed by atoms with Crippen LogP contribution in [0.2, 0.25) is 5.02 Å². The summed E-state index contributed by atoms with van der Waals surface area (Å²) in [6.07, 6.45) is 6.09. The molecule has 3 heteroatoms.